The molecule has 1 aromatic heterocycles. The number of allylic oxidation sites excluding steroid dienone is 2. The van der Waals surface area contributed by atoms with Crippen molar-refractivity contribution in [2.45, 2.75) is 231 Å². The molecule has 82 heavy (non-hydrogen) atoms. The normalized spacial score (nSPS) is 15.8. The van der Waals surface area contributed by atoms with Gasteiger partial charge in [-0.2, -0.15) is 0 Å². The van der Waals surface area contributed by atoms with Crippen molar-refractivity contribution in [1.82, 2.24) is 10.3 Å². The number of ketones is 1. The van der Waals surface area contributed by atoms with Crippen molar-refractivity contribution in [1.29, 1.82) is 0 Å². The molecular formula is C70H114F2N5O5+. The molecule has 0 bridgehead atoms. The Bertz CT molecular complexity index is 2330. The van der Waals surface area contributed by atoms with Gasteiger partial charge in [0.2, 0.25) is 11.8 Å². The quantitative estimate of drug-likeness (QED) is 0.0498. The van der Waals surface area contributed by atoms with Crippen LogP contribution in [-0.4, -0.2) is 74.8 Å². The molecule has 2 N–H and O–H groups in total. The van der Waals surface area contributed by atoms with Crippen molar-refractivity contribution >= 4 is 40.8 Å². The summed E-state index contributed by atoms with van der Waals surface area (Å²) in [5.74, 6) is 4.26. The van der Waals surface area contributed by atoms with Crippen molar-refractivity contribution in [3.63, 3.8) is 0 Å². The molecule has 2 fully saturated rings. The van der Waals surface area contributed by atoms with E-state index in [0.29, 0.717) is 36.8 Å². The number of fused-ring (bicyclic) bond motifs is 1. The van der Waals surface area contributed by atoms with Crippen molar-refractivity contribution in [3.8, 4) is 0 Å². The number of Topliss-reactive ketones (excluding diaryl/α,β-unsaturated/α-hetero) is 1. The summed E-state index contributed by atoms with van der Waals surface area (Å²) in [6, 6.07) is 11.6. The molecule has 3 unspecified atom stereocenters. The number of aromatic nitrogens is 1. The summed E-state index contributed by atoms with van der Waals surface area (Å²) in [4.78, 5) is 40.6. The van der Waals surface area contributed by atoms with Gasteiger partial charge in [-0.1, -0.05) is 152 Å². The number of benzene rings is 2. The third kappa shape index (κ3) is 31.4. The Morgan fingerprint density at radius 1 is 0.732 bits per heavy atom. The number of anilines is 2. The zero-order valence-corrected chi connectivity index (χ0v) is 54.6. The average molecular weight is 1140 g/mol. The summed E-state index contributed by atoms with van der Waals surface area (Å²) in [6.07, 6.45) is 29.9. The number of rotatable bonds is 20. The van der Waals surface area contributed by atoms with Gasteiger partial charge in [-0.05, 0) is 136 Å². The third-order valence-corrected chi connectivity index (χ3v) is 15.3. The van der Waals surface area contributed by atoms with Crippen LogP contribution in [0, 0.1) is 63.0 Å². The number of methoxy groups -OCH3 is 2. The predicted molar refractivity (Wildman–Crippen MR) is 343 cm³/mol. The average Bonchev–Trinajstić information content (AvgIpc) is 4.18. The van der Waals surface area contributed by atoms with E-state index in [2.05, 4.69) is 128 Å². The van der Waals surface area contributed by atoms with Crippen LogP contribution in [0.1, 0.15) is 242 Å². The van der Waals surface area contributed by atoms with Crippen molar-refractivity contribution in [3.05, 3.63) is 105 Å². The first-order valence-electron chi connectivity index (χ1n) is 31.5. The monoisotopic (exact) mass is 1140 g/mol. The molecule has 12 heteroatoms. The van der Waals surface area contributed by atoms with Crippen LogP contribution in [0.2, 0.25) is 0 Å². The number of carbonyl (C=O) groups is 3. The second-order valence-electron chi connectivity index (χ2n) is 23.5. The van der Waals surface area contributed by atoms with Gasteiger partial charge in [0, 0.05) is 57.4 Å². The fourth-order valence-corrected chi connectivity index (χ4v) is 9.59. The second-order valence-corrected chi connectivity index (χ2v) is 23.5. The van der Waals surface area contributed by atoms with Crippen LogP contribution in [-0.2, 0) is 19.1 Å². The van der Waals surface area contributed by atoms with Gasteiger partial charge in [-0.3, -0.25) is 24.7 Å². The summed E-state index contributed by atoms with van der Waals surface area (Å²) >= 11 is 0. The summed E-state index contributed by atoms with van der Waals surface area (Å²) < 4.78 is 37.3. The number of carbonyl (C=O) groups excluding carboxylic acids is 3. The van der Waals surface area contributed by atoms with E-state index >= 15 is 0 Å². The molecule has 1 saturated heterocycles. The van der Waals surface area contributed by atoms with Crippen LogP contribution in [0.25, 0.3) is 5.57 Å². The van der Waals surface area contributed by atoms with E-state index in [1.54, 1.807) is 21.1 Å². The topological polar surface area (TPSA) is 113 Å². The third-order valence-electron chi connectivity index (χ3n) is 15.3. The fraction of sp³-hybridized carbons (Fsp3) is 0.643. The molecule has 1 saturated carbocycles. The molecule has 2 amide bonds. The van der Waals surface area contributed by atoms with Gasteiger partial charge < -0.3 is 19.7 Å². The van der Waals surface area contributed by atoms with Gasteiger partial charge in [-0.25, -0.2) is 13.4 Å². The molecule has 4 aliphatic rings. The van der Waals surface area contributed by atoms with Crippen molar-refractivity contribution < 1.29 is 37.2 Å². The van der Waals surface area contributed by atoms with E-state index in [9.17, 15) is 23.2 Å². The lowest BCUT2D eigenvalue weighted by molar-refractivity contribution is -0.492. The van der Waals surface area contributed by atoms with E-state index in [1.807, 2.05) is 26.1 Å². The lowest BCUT2D eigenvalue weighted by Crippen LogP contribution is -2.33. The van der Waals surface area contributed by atoms with Gasteiger partial charge in [-0.15, -0.1) is 0 Å². The number of pyridine rings is 1. The zero-order chi connectivity index (χ0) is 61.6. The number of hydrogen-bond acceptors (Lipinski definition) is 8. The number of piperidine rings is 1. The number of halogens is 2. The number of unbranched alkanes of at least 4 members (excludes halogenated alkanes) is 3. The van der Waals surface area contributed by atoms with Gasteiger partial charge in [0.25, 0.3) is 0 Å². The Balaban J connectivity index is 0.000000569. The first-order chi connectivity index (χ1) is 39.1. The maximum absolute atomic E-state index is 13.0. The number of ether oxygens (including phenoxy) is 2. The van der Waals surface area contributed by atoms with Crippen LogP contribution in [0.3, 0.4) is 0 Å². The van der Waals surface area contributed by atoms with E-state index in [4.69, 9.17) is 14.5 Å². The van der Waals surface area contributed by atoms with Crippen LogP contribution in [0.4, 0.5) is 20.2 Å². The molecule has 1 aliphatic carbocycles. The fourth-order valence-electron chi connectivity index (χ4n) is 9.59. The van der Waals surface area contributed by atoms with Gasteiger partial charge >= 0.3 is 0 Å². The van der Waals surface area contributed by atoms with Crippen LogP contribution in [0.15, 0.2) is 60.1 Å². The smallest absolute Gasteiger partial charge is 0.226 e. The second kappa shape index (κ2) is 43.4. The number of hydrogen-bond donors (Lipinski definition) is 2. The maximum atomic E-state index is 13.0. The Hall–Kier alpha value is -5.23. The highest BCUT2D eigenvalue weighted by Crippen LogP contribution is 2.37. The number of nitrogens with zero attached hydrogens (tertiary/aromatic N) is 3. The summed E-state index contributed by atoms with van der Waals surface area (Å²) in [6.45, 7) is 30.2. The minimum absolute atomic E-state index is 0.138. The molecule has 0 spiro atoms. The molecular weight excluding hydrogens is 1030 g/mol. The zero-order valence-electron chi connectivity index (χ0n) is 54.6. The van der Waals surface area contributed by atoms with Crippen molar-refractivity contribution in [2.24, 2.45) is 23.7 Å². The Kier molecular flexibility index (Phi) is 39.6. The standard InChI is InChI=1S/C28H35N4O2.C11H24O.C10H22.C7H6F2.C5H7NO2.C5H10.C4H10/c1-18-13-24-25(14-19(18)2)32(5)28(30-24)10-8-7-9-26(33)21-15-20(3)29-23(16-21)22-17-31(4)12-11-27(22)34-6;1-5-7-8-11(9-12-4)10(3)6-2;1-5-6-10(4)8-7-9(2)3;1-5-2-6(8)4-7(9)3-5;7-4-2-1-3-5(8)6-4;1-2-4-5-3-1;1-3-4-2/h10,13-17,30H,7-9,11-12H2,1-6H3;10-11H,5-9H2,1-4H3;9-10H,5-8H2,1-4H3;2-4H,1H3;1-3H2,(H,6,7,8);1-5H2;3-4H2,1-2H3/q+1;;;;;;/b28-10-;;;;;;. The van der Waals surface area contributed by atoms with Crippen LogP contribution >= 0.6 is 0 Å². The summed E-state index contributed by atoms with van der Waals surface area (Å²) in [5.41, 5.74) is 8.83. The number of aryl methyl sites for hydroxylation is 4. The number of nitrogens with one attached hydrogen (secondary N) is 2. The molecule has 10 nitrogen and oxygen atoms in total. The molecule has 7 rings (SSSR count). The Labute approximate surface area is 498 Å². The Morgan fingerprint density at radius 2 is 1.34 bits per heavy atom. The summed E-state index contributed by atoms with van der Waals surface area (Å²) in [7, 11) is 7.62. The highest BCUT2D eigenvalue weighted by atomic mass is 19.1. The predicted octanol–water partition coefficient (Wildman–Crippen LogP) is 18.4. The molecule has 4 heterocycles. The lowest BCUT2D eigenvalue weighted by atomic mass is 9.88. The first-order valence-corrected chi connectivity index (χ1v) is 31.5. The number of amides is 2. The minimum Gasteiger partial charge on any atom is -0.500 e. The maximum Gasteiger partial charge on any atom is 0.226 e. The molecule has 3 aromatic rings. The minimum atomic E-state index is -0.521. The van der Waals surface area contributed by atoms with Gasteiger partial charge in [0.1, 0.15) is 42.4 Å². The van der Waals surface area contributed by atoms with Gasteiger partial charge in [0.05, 0.1) is 30.6 Å². The molecule has 2 aromatic carbocycles. The van der Waals surface area contributed by atoms with E-state index < -0.39 is 11.6 Å². The van der Waals surface area contributed by atoms with E-state index in [1.165, 1.54) is 125 Å². The van der Waals surface area contributed by atoms with Crippen molar-refractivity contribution in [2.75, 3.05) is 51.7 Å². The highest BCUT2D eigenvalue weighted by molar-refractivity contribution is 6.09. The van der Waals surface area contributed by atoms with E-state index in [0.717, 1.165) is 96.4 Å². The summed E-state index contributed by atoms with van der Waals surface area (Å²) in [5, 5.41) is 5.71. The number of imide groups is 1. The molecule has 462 valence electrons. The first kappa shape index (κ1) is 74.8. The lowest BCUT2D eigenvalue weighted by Gasteiger charge is -2.21. The molecule has 0 radical (unpaired) electrons. The van der Waals surface area contributed by atoms with Crippen LogP contribution in [0.5, 0.6) is 0 Å². The van der Waals surface area contributed by atoms with Gasteiger partial charge in [0.15, 0.2) is 12.0 Å². The SMILES string of the molecule is C1CCCC1.CCCC.CCCC(C)CCC(C)C.CCCCC(COC)C(C)CC.COC1=C(c2cc(C(=O)CCC/C=C3/Nc4cc(C)c(C)cc4N3C)cc(C)n2)C=[N+](C)CC1.Cc1cc(F)cc(F)c1.O=C1CCCC(=O)N1. The van der Waals surface area contributed by atoms with E-state index in [-0.39, 0.29) is 17.6 Å². The highest BCUT2D eigenvalue weighted by Gasteiger charge is 2.23. The van der Waals surface area contributed by atoms with Crippen LogP contribution < -0.4 is 15.5 Å². The molecule has 3 aliphatic heterocycles. The largest absolute Gasteiger partial charge is 0.500 e. The Morgan fingerprint density at radius 3 is 1.84 bits per heavy atom. The molecule has 3 atom stereocenters.